The van der Waals surface area contributed by atoms with Crippen molar-refractivity contribution in [2.24, 2.45) is 0 Å². The van der Waals surface area contributed by atoms with Gasteiger partial charge in [-0.25, -0.2) is 0 Å². The van der Waals surface area contributed by atoms with Gasteiger partial charge in [-0.2, -0.15) is 5.26 Å². The average molecular weight is 503 g/mol. The molecule has 0 saturated heterocycles. The number of nitrogens with one attached hydrogen (secondary N) is 1. The van der Waals surface area contributed by atoms with Crippen molar-refractivity contribution < 1.29 is 14.5 Å². The zero-order valence-electron chi connectivity index (χ0n) is 16.7. The van der Waals surface area contributed by atoms with Gasteiger partial charge < -0.3 is 10.1 Å². The van der Waals surface area contributed by atoms with Crippen LogP contribution in [0.3, 0.4) is 0 Å². The molecule has 166 valence electrons. The normalized spacial score (nSPS) is 10.9. The summed E-state index contributed by atoms with van der Waals surface area (Å²) in [6.07, 6.45) is 1.32. The van der Waals surface area contributed by atoms with Crippen LogP contribution in [0.25, 0.3) is 6.08 Å². The highest BCUT2D eigenvalue weighted by Gasteiger charge is 2.15. The second-order valence-corrected chi connectivity index (χ2v) is 7.84. The van der Waals surface area contributed by atoms with Crippen LogP contribution in [0.4, 0.5) is 11.4 Å². The van der Waals surface area contributed by atoms with E-state index in [0.717, 1.165) is 11.6 Å². The quantitative estimate of drug-likeness (QED) is 0.168. The van der Waals surface area contributed by atoms with Crippen molar-refractivity contribution >= 4 is 58.2 Å². The first kappa shape index (κ1) is 24.1. The highest BCUT2D eigenvalue weighted by Crippen LogP contribution is 2.29. The number of rotatable bonds is 7. The Morgan fingerprint density at radius 2 is 1.82 bits per heavy atom. The Morgan fingerprint density at radius 3 is 2.48 bits per heavy atom. The highest BCUT2D eigenvalue weighted by molar-refractivity contribution is 6.34. The number of anilines is 1. The molecule has 0 aliphatic heterocycles. The van der Waals surface area contributed by atoms with E-state index in [1.807, 2.05) is 18.2 Å². The van der Waals surface area contributed by atoms with Crippen molar-refractivity contribution in [2.75, 3.05) is 5.32 Å². The predicted octanol–water partition coefficient (Wildman–Crippen LogP) is 6.68. The Labute approximate surface area is 203 Å². The minimum Gasteiger partial charge on any atom is -0.487 e. The van der Waals surface area contributed by atoms with Crippen molar-refractivity contribution in [3.05, 3.63) is 103 Å². The number of hydrogen-bond acceptors (Lipinski definition) is 5. The van der Waals surface area contributed by atoms with E-state index in [1.165, 1.54) is 24.3 Å². The van der Waals surface area contributed by atoms with Gasteiger partial charge in [0.15, 0.2) is 0 Å². The third-order valence-corrected chi connectivity index (χ3v) is 5.38. The minimum absolute atomic E-state index is 0.0124. The first-order chi connectivity index (χ1) is 15.8. The molecule has 0 saturated carbocycles. The summed E-state index contributed by atoms with van der Waals surface area (Å²) in [7, 11) is 0. The van der Waals surface area contributed by atoms with E-state index in [9.17, 15) is 20.2 Å². The molecule has 0 aliphatic carbocycles. The number of carbonyl (C=O) groups excluding carboxylic acids is 1. The van der Waals surface area contributed by atoms with E-state index in [0.29, 0.717) is 16.3 Å². The smallest absolute Gasteiger partial charge is 0.271 e. The van der Waals surface area contributed by atoms with E-state index < -0.39 is 10.8 Å². The lowest BCUT2D eigenvalue weighted by molar-refractivity contribution is -0.384. The molecule has 0 unspecified atom stereocenters. The van der Waals surface area contributed by atoms with Crippen molar-refractivity contribution in [1.29, 1.82) is 5.26 Å². The van der Waals surface area contributed by atoms with Gasteiger partial charge in [-0.05, 0) is 35.9 Å². The Bertz CT molecular complexity index is 1300. The molecule has 33 heavy (non-hydrogen) atoms. The number of nitriles is 1. The summed E-state index contributed by atoms with van der Waals surface area (Å²) >= 11 is 18.4. The second kappa shape index (κ2) is 10.8. The maximum Gasteiger partial charge on any atom is 0.271 e. The van der Waals surface area contributed by atoms with Crippen molar-refractivity contribution in [2.45, 2.75) is 6.61 Å². The third-order valence-electron chi connectivity index (χ3n) is 4.38. The summed E-state index contributed by atoms with van der Waals surface area (Å²) in [4.78, 5) is 22.8. The van der Waals surface area contributed by atoms with Gasteiger partial charge in [-0.1, -0.05) is 59.1 Å². The van der Waals surface area contributed by atoms with Crippen molar-refractivity contribution in [3.8, 4) is 11.8 Å². The van der Waals surface area contributed by atoms with Gasteiger partial charge in [-0.15, -0.1) is 0 Å². The van der Waals surface area contributed by atoms with E-state index in [2.05, 4.69) is 5.32 Å². The summed E-state index contributed by atoms with van der Waals surface area (Å²) in [6.45, 7) is 0.213. The third kappa shape index (κ3) is 6.24. The van der Waals surface area contributed by atoms with Crippen LogP contribution >= 0.6 is 34.8 Å². The monoisotopic (exact) mass is 501 g/mol. The van der Waals surface area contributed by atoms with Crippen LogP contribution in [-0.4, -0.2) is 10.8 Å². The number of ether oxygens (including phenoxy) is 1. The van der Waals surface area contributed by atoms with E-state index in [4.69, 9.17) is 39.5 Å². The standard InChI is InChI=1S/C23H14Cl3N3O4/c24-18-4-2-1-3-15(18)13-33-22-8-5-14(10-20(22)26)9-16(12-27)23(30)28-21-11-17(29(31)32)6-7-19(21)25/h1-11H,13H2,(H,28,30)/b16-9+. The molecule has 0 aromatic heterocycles. The fraction of sp³-hybridized carbons (Fsp3) is 0.0435. The zero-order valence-corrected chi connectivity index (χ0v) is 19.0. The van der Waals surface area contributed by atoms with Crippen LogP contribution in [0.1, 0.15) is 11.1 Å². The molecule has 0 aliphatic rings. The molecule has 1 amide bonds. The largest absolute Gasteiger partial charge is 0.487 e. The lowest BCUT2D eigenvalue weighted by Crippen LogP contribution is -2.14. The van der Waals surface area contributed by atoms with Gasteiger partial charge in [0.25, 0.3) is 11.6 Å². The molecule has 3 aromatic rings. The van der Waals surface area contributed by atoms with Crippen LogP contribution in [-0.2, 0) is 11.4 Å². The van der Waals surface area contributed by atoms with E-state index >= 15 is 0 Å². The molecule has 10 heteroatoms. The number of amides is 1. The molecule has 1 N–H and O–H groups in total. The molecule has 0 spiro atoms. The lowest BCUT2D eigenvalue weighted by Gasteiger charge is -2.10. The second-order valence-electron chi connectivity index (χ2n) is 6.62. The Hall–Kier alpha value is -3.57. The number of carbonyl (C=O) groups is 1. The Kier molecular flexibility index (Phi) is 7.91. The van der Waals surface area contributed by atoms with Gasteiger partial charge in [0.2, 0.25) is 0 Å². The number of halogens is 3. The topological polar surface area (TPSA) is 105 Å². The molecule has 0 fully saturated rings. The molecule has 7 nitrogen and oxygen atoms in total. The number of nitro benzene ring substituents is 1. The summed E-state index contributed by atoms with van der Waals surface area (Å²) in [5, 5.41) is 23.7. The fourth-order valence-electron chi connectivity index (χ4n) is 2.72. The first-order valence-electron chi connectivity index (χ1n) is 9.31. The Morgan fingerprint density at radius 1 is 1.06 bits per heavy atom. The van der Waals surface area contributed by atoms with E-state index in [1.54, 1.807) is 24.3 Å². The van der Waals surface area contributed by atoms with Gasteiger partial charge in [0.05, 0.1) is 20.7 Å². The van der Waals surface area contributed by atoms with Crippen LogP contribution in [0.15, 0.2) is 66.2 Å². The van der Waals surface area contributed by atoms with Crippen LogP contribution < -0.4 is 10.1 Å². The number of nitro groups is 1. The minimum atomic E-state index is -0.782. The SMILES string of the molecule is N#C/C(=C\c1ccc(OCc2ccccc2Cl)c(Cl)c1)C(=O)Nc1cc([N+](=O)[O-])ccc1Cl. The number of non-ortho nitro benzene ring substituents is 1. The summed E-state index contributed by atoms with van der Waals surface area (Å²) < 4.78 is 5.71. The highest BCUT2D eigenvalue weighted by atomic mass is 35.5. The summed E-state index contributed by atoms with van der Waals surface area (Å²) in [6, 6.07) is 17.4. The number of hydrogen-bond donors (Lipinski definition) is 1. The van der Waals surface area contributed by atoms with Gasteiger partial charge >= 0.3 is 0 Å². The number of benzene rings is 3. The predicted molar refractivity (Wildman–Crippen MR) is 128 cm³/mol. The van der Waals surface area contributed by atoms with Crippen molar-refractivity contribution in [3.63, 3.8) is 0 Å². The van der Waals surface area contributed by atoms with Crippen LogP contribution in [0.5, 0.6) is 5.75 Å². The number of nitrogens with zero attached hydrogens (tertiary/aromatic N) is 2. The lowest BCUT2D eigenvalue weighted by atomic mass is 10.1. The van der Waals surface area contributed by atoms with Gasteiger partial charge in [0, 0.05) is 22.7 Å². The van der Waals surface area contributed by atoms with E-state index in [-0.39, 0.29) is 33.6 Å². The van der Waals surface area contributed by atoms with Gasteiger partial charge in [0.1, 0.15) is 24.0 Å². The molecular formula is C23H14Cl3N3O4. The molecular weight excluding hydrogens is 489 g/mol. The average Bonchev–Trinajstić information content (AvgIpc) is 2.79. The fourth-order valence-corrected chi connectivity index (χ4v) is 3.32. The first-order valence-corrected chi connectivity index (χ1v) is 10.4. The van der Waals surface area contributed by atoms with Gasteiger partial charge in [-0.3, -0.25) is 14.9 Å². The molecule has 0 heterocycles. The molecule has 0 bridgehead atoms. The molecule has 0 atom stereocenters. The molecule has 3 rings (SSSR count). The van der Waals surface area contributed by atoms with Crippen LogP contribution in [0, 0.1) is 21.4 Å². The Balaban J connectivity index is 1.75. The maximum atomic E-state index is 12.5. The maximum absolute atomic E-state index is 12.5. The molecule has 0 radical (unpaired) electrons. The summed E-state index contributed by atoms with van der Waals surface area (Å²) in [5.74, 6) is -0.380. The molecule has 3 aromatic carbocycles. The zero-order chi connectivity index (χ0) is 24.0. The van der Waals surface area contributed by atoms with Crippen LogP contribution in [0.2, 0.25) is 15.1 Å². The van der Waals surface area contributed by atoms with Crippen molar-refractivity contribution in [1.82, 2.24) is 0 Å². The summed E-state index contributed by atoms with van der Waals surface area (Å²) in [5.41, 5.74) is 0.775.